The number of aliphatic carboxylic acids is 1. The molecule has 1 N–H and O–H groups in total. The van der Waals surface area contributed by atoms with E-state index in [0.29, 0.717) is 54.9 Å². The first kappa shape index (κ1) is 34.9. The number of hydrogen-bond donors (Lipinski definition) is 1. The van der Waals surface area contributed by atoms with Crippen molar-refractivity contribution in [2.45, 2.75) is 51.1 Å². The molecule has 3 aromatic carbocycles. The number of hydrogen-bond acceptors (Lipinski definition) is 7. The van der Waals surface area contributed by atoms with Crippen LogP contribution in [0.3, 0.4) is 0 Å². The SMILES string of the molecule is COc1ccccc1CC(=O)N1CCCC[C@@H]2CN(c3ncc(C(=O)N(CC(=O)O)Cc4ccc(Cl)cc4)c(CCc4ccccc4)n3)C[C@H]21. The highest BCUT2D eigenvalue weighted by Gasteiger charge is 2.41. The summed E-state index contributed by atoms with van der Waals surface area (Å²) in [4.78, 5) is 54.9. The van der Waals surface area contributed by atoms with Crippen LogP contribution in [0.15, 0.2) is 85.1 Å². The van der Waals surface area contributed by atoms with Crippen molar-refractivity contribution in [1.82, 2.24) is 19.8 Å². The van der Waals surface area contributed by atoms with E-state index >= 15 is 0 Å². The van der Waals surface area contributed by atoms with E-state index in [9.17, 15) is 19.5 Å². The average Bonchev–Trinajstić information content (AvgIpc) is 3.44. The molecule has 2 aliphatic rings. The number of aromatic nitrogens is 2. The molecule has 0 bridgehead atoms. The number of para-hydroxylation sites is 1. The third-order valence-corrected chi connectivity index (χ3v) is 9.90. The van der Waals surface area contributed by atoms with E-state index in [1.807, 2.05) is 59.5 Å². The number of methoxy groups -OCH3 is 1. The number of fused-ring (bicyclic) bond motifs is 1. The number of amides is 2. The van der Waals surface area contributed by atoms with Gasteiger partial charge >= 0.3 is 5.97 Å². The number of anilines is 1. The predicted octanol–water partition coefficient (Wildman–Crippen LogP) is 5.71. The summed E-state index contributed by atoms with van der Waals surface area (Å²) >= 11 is 6.06. The van der Waals surface area contributed by atoms with Crippen LogP contribution in [0.2, 0.25) is 5.02 Å². The van der Waals surface area contributed by atoms with Gasteiger partial charge in [0.1, 0.15) is 12.3 Å². The van der Waals surface area contributed by atoms with Gasteiger partial charge in [-0.25, -0.2) is 9.97 Å². The molecule has 0 spiro atoms. The van der Waals surface area contributed by atoms with E-state index in [1.165, 1.54) is 4.90 Å². The van der Waals surface area contributed by atoms with Gasteiger partial charge in [-0.15, -0.1) is 0 Å². The number of nitrogens with zero attached hydrogens (tertiary/aromatic N) is 5. The summed E-state index contributed by atoms with van der Waals surface area (Å²) in [6, 6.07) is 24.6. The number of carbonyl (C=O) groups excluding carboxylic acids is 2. The third kappa shape index (κ3) is 8.42. The maximum atomic E-state index is 14.1. The zero-order valence-electron chi connectivity index (χ0n) is 28.2. The number of carboxylic acids is 1. The molecule has 0 aliphatic carbocycles. The number of ether oxygens (including phenoxy) is 1. The number of rotatable bonds is 12. The molecule has 2 saturated heterocycles. The second kappa shape index (κ2) is 16.2. The van der Waals surface area contributed by atoms with Crippen LogP contribution in [-0.4, -0.2) is 82.0 Å². The largest absolute Gasteiger partial charge is 0.496 e. The van der Waals surface area contributed by atoms with E-state index in [-0.39, 0.29) is 36.4 Å². The fourth-order valence-corrected chi connectivity index (χ4v) is 7.24. The lowest BCUT2D eigenvalue weighted by atomic mass is 9.98. The molecule has 0 unspecified atom stereocenters. The zero-order chi connectivity index (χ0) is 35.0. The second-order valence-corrected chi connectivity index (χ2v) is 13.4. The van der Waals surface area contributed by atoms with Crippen molar-refractivity contribution in [2.75, 3.05) is 38.2 Å². The summed E-state index contributed by atoms with van der Waals surface area (Å²) in [5.74, 6) is 0.00608. The number of carboxylic acid groups (broad SMARTS) is 1. The first-order valence-electron chi connectivity index (χ1n) is 17.1. The van der Waals surface area contributed by atoms with Gasteiger partial charge in [-0.3, -0.25) is 14.4 Å². The van der Waals surface area contributed by atoms with Gasteiger partial charge in [0, 0.05) is 43.0 Å². The van der Waals surface area contributed by atoms with Crippen molar-refractivity contribution in [3.63, 3.8) is 0 Å². The molecular weight excluding hydrogens is 654 g/mol. The van der Waals surface area contributed by atoms with Crippen molar-refractivity contribution in [2.24, 2.45) is 5.92 Å². The number of benzene rings is 3. The quantitative estimate of drug-likeness (QED) is 0.200. The molecule has 50 heavy (non-hydrogen) atoms. The molecule has 11 heteroatoms. The molecule has 2 atom stereocenters. The molecule has 0 radical (unpaired) electrons. The summed E-state index contributed by atoms with van der Waals surface area (Å²) in [7, 11) is 1.62. The molecular formula is C39H42ClN5O5. The van der Waals surface area contributed by atoms with E-state index < -0.39 is 18.4 Å². The monoisotopic (exact) mass is 695 g/mol. The Labute approximate surface area is 297 Å². The number of halogens is 1. The predicted molar refractivity (Wildman–Crippen MR) is 191 cm³/mol. The number of likely N-dealkylation sites (tertiary alicyclic amines) is 1. The second-order valence-electron chi connectivity index (χ2n) is 13.0. The summed E-state index contributed by atoms with van der Waals surface area (Å²) in [6.07, 6.45) is 5.93. The van der Waals surface area contributed by atoms with Crippen LogP contribution in [-0.2, 0) is 35.4 Å². The summed E-state index contributed by atoms with van der Waals surface area (Å²) < 4.78 is 5.52. The van der Waals surface area contributed by atoms with Crippen LogP contribution in [0.1, 0.15) is 52.0 Å². The van der Waals surface area contributed by atoms with Gasteiger partial charge in [-0.05, 0) is 60.9 Å². The Bertz CT molecular complexity index is 1800. The Hall–Kier alpha value is -4.96. The van der Waals surface area contributed by atoms with Crippen LogP contribution in [0.4, 0.5) is 5.95 Å². The molecule has 2 aliphatic heterocycles. The van der Waals surface area contributed by atoms with E-state index in [1.54, 1.807) is 37.6 Å². The number of carbonyl (C=O) groups is 3. The molecule has 4 aromatic rings. The van der Waals surface area contributed by atoms with Crippen LogP contribution in [0, 0.1) is 5.92 Å². The molecule has 10 nitrogen and oxygen atoms in total. The summed E-state index contributed by atoms with van der Waals surface area (Å²) in [5, 5.41) is 10.3. The highest BCUT2D eigenvalue weighted by Crippen LogP contribution is 2.33. The lowest BCUT2D eigenvalue weighted by molar-refractivity contribution is -0.138. The average molecular weight is 696 g/mol. The van der Waals surface area contributed by atoms with Crippen LogP contribution in [0.5, 0.6) is 5.75 Å². The van der Waals surface area contributed by atoms with E-state index in [0.717, 1.165) is 36.0 Å². The van der Waals surface area contributed by atoms with Crippen LogP contribution >= 0.6 is 11.6 Å². The zero-order valence-corrected chi connectivity index (χ0v) is 29.0. The maximum absolute atomic E-state index is 14.1. The highest BCUT2D eigenvalue weighted by molar-refractivity contribution is 6.30. The third-order valence-electron chi connectivity index (χ3n) is 9.65. The first-order chi connectivity index (χ1) is 24.3. The minimum absolute atomic E-state index is 0.0165. The van der Waals surface area contributed by atoms with Crippen molar-refractivity contribution < 1.29 is 24.2 Å². The first-order valence-corrected chi connectivity index (χ1v) is 17.5. The van der Waals surface area contributed by atoms with Crippen LogP contribution < -0.4 is 9.64 Å². The minimum atomic E-state index is -1.11. The molecule has 3 heterocycles. The fraction of sp³-hybridized carbons (Fsp3) is 0.359. The highest BCUT2D eigenvalue weighted by atomic mass is 35.5. The number of aryl methyl sites for hydroxylation is 2. The van der Waals surface area contributed by atoms with Gasteiger partial charge in [0.25, 0.3) is 5.91 Å². The molecule has 6 rings (SSSR count). The van der Waals surface area contributed by atoms with Crippen molar-refractivity contribution >= 4 is 35.3 Å². The fourth-order valence-electron chi connectivity index (χ4n) is 7.11. The lowest BCUT2D eigenvalue weighted by Crippen LogP contribution is -2.45. The van der Waals surface area contributed by atoms with Gasteiger partial charge in [-0.2, -0.15) is 0 Å². The standard InChI is InChI=1S/C39H42ClN5O5/c1-50-35-13-6-5-11-29(35)21-36(46)45-20-8-7-12-30-24-44(25-34(30)45)39-41-22-32(33(42-39)19-16-27-9-3-2-4-10-27)38(49)43(26-37(47)48)23-28-14-17-31(40)18-15-28/h2-6,9-11,13-15,17-18,22,30,34H,7-8,12,16,19-21,23-26H2,1H3,(H,47,48)/t30-,34-/m1/s1. The van der Waals surface area contributed by atoms with Gasteiger partial charge < -0.3 is 24.5 Å². The molecule has 0 saturated carbocycles. The smallest absolute Gasteiger partial charge is 0.323 e. The topological polar surface area (TPSA) is 116 Å². The molecule has 2 fully saturated rings. The van der Waals surface area contributed by atoms with Crippen LogP contribution in [0.25, 0.3) is 0 Å². The van der Waals surface area contributed by atoms with Gasteiger partial charge in [-0.1, -0.05) is 78.7 Å². The molecule has 2 amide bonds. The maximum Gasteiger partial charge on any atom is 0.323 e. The minimum Gasteiger partial charge on any atom is -0.496 e. The van der Waals surface area contributed by atoms with Crippen molar-refractivity contribution in [3.05, 3.63) is 118 Å². The summed E-state index contributed by atoms with van der Waals surface area (Å²) in [6.45, 7) is 1.62. The van der Waals surface area contributed by atoms with Gasteiger partial charge in [0.15, 0.2) is 0 Å². The molecule has 260 valence electrons. The van der Waals surface area contributed by atoms with E-state index in [4.69, 9.17) is 26.3 Å². The van der Waals surface area contributed by atoms with Crippen molar-refractivity contribution in [1.29, 1.82) is 0 Å². The Kier molecular flexibility index (Phi) is 11.3. The lowest BCUT2D eigenvalue weighted by Gasteiger charge is -2.30. The Morgan fingerprint density at radius 2 is 1.70 bits per heavy atom. The Morgan fingerprint density at radius 3 is 2.46 bits per heavy atom. The van der Waals surface area contributed by atoms with Gasteiger partial charge in [0.05, 0.1) is 30.8 Å². The van der Waals surface area contributed by atoms with Gasteiger partial charge in [0.2, 0.25) is 11.9 Å². The Morgan fingerprint density at radius 1 is 0.940 bits per heavy atom. The van der Waals surface area contributed by atoms with E-state index in [2.05, 4.69) is 4.90 Å². The summed E-state index contributed by atoms with van der Waals surface area (Å²) in [5.41, 5.74) is 3.57. The van der Waals surface area contributed by atoms with Crippen molar-refractivity contribution in [3.8, 4) is 5.75 Å². The molecule has 1 aromatic heterocycles. The normalized spacial score (nSPS) is 17.2. The Balaban J connectivity index is 1.26.